The average molecular weight is 350 g/mol. The first kappa shape index (κ1) is 17.6. The largest absolute Gasteiger partial charge is 0.872 e. The van der Waals surface area contributed by atoms with Crippen LogP contribution in [0.5, 0.6) is 11.5 Å². The van der Waals surface area contributed by atoms with Crippen LogP contribution in [0.1, 0.15) is 11.1 Å². The van der Waals surface area contributed by atoms with Crippen LogP contribution in [0, 0.1) is 10.1 Å². The van der Waals surface area contributed by atoms with Crippen molar-refractivity contribution in [2.75, 3.05) is 7.11 Å². The number of nitro groups is 1. The van der Waals surface area contributed by atoms with Crippen molar-refractivity contribution in [1.29, 1.82) is 0 Å². The van der Waals surface area contributed by atoms with Crippen molar-refractivity contribution in [3.63, 3.8) is 0 Å². The fourth-order valence-corrected chi connectivity index (χ4v) is 2.33. The number of hydrogen-bond donors (Lipinski definition) is 1. The molecular weight excluding hydrogens is 336 g/mol. The van der Waals surface area contributed by atoms with Crippen molar-refractivity contribution in [3.05, 3.63) is 62.7 Å². The van der Waals surface area contributed by atoms with Gasteiger partial charge < -0.3 is 15.2 Å². The van der Waals surface area contributed by atoms with Crippen molar-refractivity contribution in [2.24, 2.45) is 0 Å². The molecule has 2 rings (SSSR count). The van der Waals surface area contributed by atoms with Crippen molar-refractivity contribution < 1.29 is 19.6 Å². The number of nitro benzene ring substituents is 1. The second kappa shape index (κ2) is 7.65. The Kier molecular flexibility index (Phi) is 5.59. The highest BCUT2D eigenvalue weighted by molar-refractivity contribution is 6.30. The van der Waals surface area contributed by atoms with Crippen LogP contribution in [0.15, 0.2) is 36.4 Å². The number of halogens is 1. The van der Waals surface area contributed by atoms with Crippen LogP contribution in [0.25, 0.3) is 0 Å². The van der Waals surface area contributed by atoms with E-state index in [4.69, 9.17) is 16.3 Å². The second-order valence-corrected chi connectivity index (χ2v) is 5.40. The summed E-state index contributed by atoms with van der Waals surface area (Å²) < 4.78 is 5.16. The van der Waals surface area contributed by atoms with Gasteiger partial charge in [0, 0.05) is 29.3 Å². The van der Waals surface area contributed by atoms with Gasteiger partial charge in [0.2, 0.25) is 5.91 Å². The minimum absolute atomic E-state index is 0.00680. The van der Waals surface area contributed by atoms with Gasteiger partial charge in [0.05, 0.1) is 18.5 Å². The second-order valence-electron chi connectivity index (χ2n) is 4.96. The van der Waals surface area contributed by atoms with E-state index < -0.39 is 4.92 Å². The quantitative estimate of drug-likeness (QED) is 0.635. The number of nitrogens with zero attached hydrogens (tertiary/aromatic N) is 1. The van der Waals surface area contributed by atoms with E-state index >= 15 is 0 Å². The summed E-state index contributed by atoms with van der Waals surface area (Å²) in [4.78, 5) is 22.2. The standard InChI is InChI=1S/C16H15ClN2O5/c1-24-15-5-2-12(17)6-10(15)8-16(21)18-9-11-7-13(19(22)23)3-4-14(11)20/h2-7,20H,8-9H2,1H3,(H,18,21)/p-1. The van der Waals surface area contributed by atoms with E-state index in [0.29, 0.717) is 16.3 Å². The van der Waals surface area contributed by atoms with Crippen LogP contribution >= 0.6 is 11.6 Å². The summed E-state index contributed by atoms with van der Waals surface area (Å²) in [6.45, 7) is -0.0950. The zero-order valence-electron chi connectivity index (χ0n) is 12.7. The van der Waals surface area contributed by atoms with Gasteiger partial charge in [0.1, 0.15) is 5.75 Å². The molecule has 0 saturated heterocycles. The van der Waals surface area contributed by atoms with E-state index in [2.05, 4.69) is 5.32 Å². The summed E-state index contributed by atoms with van der Waals surface area (Å²) in [5.41, 5.74) is 0.551. The Morgan fingerprint density at radius 3 is 2.67 bits per heavy atom. The zero-order chi connectivity index (χ0) is 17.7. The normalized spacial score (nSPS) is 10.2. The molecule has 0 unspecified atom stereocenters. The molecule has 0 heterocycles. The Bertz CT molecular complexity index is 779. The fourth-order valence-electron chi connectivity index (χ4n) is 2.13. The Balaban J connectivity index is 2.05. The van der Waals surface area contributed by atoms with E-state index in [1.807, 2.05) is 0 Å². The van der Waals surface area contributed by atoms with Gasteiger partial charge in [-0.15, -0.1) is 5.75 Å². The van der Waals surface area contributed by atoms with E-state index in [0.717, 1.165) is 18.2 Å². The number of methoxy groups -OCH3 is 1. The average Bonchev–Trinajstić information content (AvgIpc) is 2.54. The molecule has 0 atom stereocenters. The molecule has 0 aliphatic heterocycles. The lowest BCUT2D eigenvalue weighted by atomic mass is 10.1. The van der Waals surface area contributed by atoms with Crippen LogP contribution < -0.4 is 15.2 Å². The molecule has 1 N–H and O–H groups in total. The smallest absolute Gasteiger partial charge is 0.269 e. The van der Waals surface area contributed by atoms with Crippen LogP contribution in [-0.4, -0.2) is 17.9 Å². The van der Waals surface area contributed by atoms with Gasteiger partial charge in [0.25, 0.3) is 5.69 Å². The van der Waals surface area contributed by atoms with Crippen molar-refractivity contribution in [2.45, 2.75) is 13.0 Å². The SMILES string of the molecule is COc1ccc(Cl)cc1CC(=O)NCc1cc([N+](=O)[O-])ccc1[O-]. The predicted molar refractivity (Wildman–Crippen MR) is 86.1 cm³/mol. The summed E-state index contributed by atoms with van der Waals surface area (Å²) >= 11 is 5.91. The van der Waals surface area contributed by atoms with Gasteiger partial charge >= 0.3 is 0 Å². The molecule has 7 nitrogen and oxygen atoms in total. The van der Waals surface area contributed by atoms with Gasteiger partial charge in [-0.1, -0.05) is 17.7 Å². The lowest BCUT2D eigenvalue weighted by Gasteiger charge is -2.14. The molecule has 8 heteroatoms. The van der Waals surface area contributed by atoms with Gasteiger partial charge in [0.15, 0.2) is 0 Å². The molecule has 0 fully saturated rings. The molecule has 0 aliphatic carbocycles. The monoisotopic (exact) mass is 349 g/mol. The minimum atomic E-state index is -0.596. The summed E-state index contributed by atoms with van der Waals surface area (Å²) in [5, 5.41) is 25.5. The first-order chi connectivity index (χ1) is 11.4. The predicted octanol–water partition coefficient (Wildman–Crippen LogP) is 2.19. The number of carbonyl (C=O) groups is 1. The topological polar surface area (TPSA) is 105 Å². The van der Waals surface area contributed by atoms with E-state index in [9.17, 15) is 20.0 Å². The Morgan fingerprint density at radius 1 is 1.25 bits per heavy atom. The first-order valence-electron chi connectivity index (χ1n) is 6.94. The highest BCUT2D eigenvalue weighted by Crippen LogP contribution is 2.23. The summed E-state index contributed by atoms with van der Waals surface area (Å²) in [5.74, 6) is -0.211. The lowest BCUT2D eigenvalue weighted by Crippen LogP contribution is -2.25. The van der Waals surface area contributed by atoms with E-state index in [1.54, 1.807) is 18.2 Å². The number of benzene rings is 2. The summed E-state index contributed by atoms with van der Waals surface area (Å²) in [6.07, 6.45) is 0.00680. The maximum Gasteiger partial charge on any atom is 0.269 e. The first-order valence-corrected chi connectivity index (χ1v) is 7.32. The molecule has 2 aromatic carbocycles. The molecule has 1 amide bonds. The fraction of sp³-hybridized carbons (Fsp3) is 0.188. The zero-order valence-corrected chi connectivity index (χ0v) is 13.5. The number of non-ortho nitro benzene ring substituents is 1. The third kappa shape index (κ3) is 4.36. The van der Waals surface area contributed by atoms with Gasteiger partial charge in [-0.2, -0.15) is 0 Å². The van der Waals surface area contributed by atoms with Gasteiger partial charge in [-0.25, -0.2) is 0 Å². The maximum atomic E-state index is 12.0. The number of rotatable bonds is 6. The van der Waals surface area contributed by atoms with Crippen LogP contribution in [0.2, 0.25) is 5.02 Å². The molecule has 0 radical (unpaired) electrons. The molecule has 0 aromatic heterocycles. The summed E-state index contributed by atoms with van der Waals surface area (Å²) in [7, 11) is 1.48. The Hall–Kier alpha value is -2.80. The summed E-state index contributed by atoms with van der Waals surface area (Å²) in [6, 6.07) is 8.31. The lowest BCUT2D eigenvalue weighted by molar-refractivity contribution is -0.385. The molecule has 24 heavy (non-hydrogen) atoms. The van der Waals surface area contributed by atoms with Gasteiger partial charge in [-0.05, 0) is 23.8 Å². The van der Waals surface area contributed by atoms with Crippen LogP contribution in [0.3, 0.4) is 0 Å². The Morgan fingerprint density at radius 2 is 2.00 bits per heavy atom. The van der Waals surface area contributed by atoms with E-state index in [-0.39, 0.29) is 35.9 Å². The number of hydrogen-bond acceptors (Lipinski definition) is 5. The molecule has 0 bridgehead atoms. The molecule has 0 spiro atoms. The van der Waals surface area contributed by atoms with Crippen LogP contribution in [0.4, 0.5) is 5.69 Å². The van der Waals surface area contributed by atoms with E-state index in [1.165, 1.54) is 7.11 Å². The Labute approximate surface area is 143 Å². The highest BCUT2D eigenvalue weighted by atomic mass is 35.5. The number of ether oxygens (including phenoxy) is 1. The molecule has 0 aliphatic rings. The van der Waals surface area contributed by atoms with Gasteiger partial charge in [-0.3, -0.25) is 14.9 Å². The van der Waals surface area contributed by atoms with Crippen molar-refractivity contribution >= 4 is 23.2 Å². The highest BCUT2D eigenvalue weighted by Gasteiger charge is 2.11. The molecular formula is C16H14ClN2O5-. The van der Waals surface area contributed by atoms with Crippen molar-refractivity contribution in [1.82, 2.24) is 5.32 Å². The van der Waals surface area contributed by atoms with Crippen molar-refractivity contribution in [3.8, 4) is 11.5 Å². The maximum absolute atomic E-state index is 12.0. The third-order valence-electron chi connectivity index (χ3n) is 3.32. The third-order valence-corrected chi connectivity index (χ3v) is 3.56. The molecule has 126 valence electrons. The minimum Gasteiger partial charge on any atom is -0.872 e. The molecule has 0 saturated carbocycles. The number of carbonyl (C=O) groups excluding carboxylic acids is 1. The van der Waals surface area contributed by atoms with Crippen LogP contribution in [-0.2, 0) is 17.8 Å². The molecule has 2 aromatic rings. The number of nitrogens with one attached hydrogen (secondary N) is 1. The number of amides is 1.